The second kappa shape index (κ2) is 4.73. The maximum absolute atomic E-state index is 12.4. The number of hydrogen-bond donors (Lipinski definition) is 2. The molecule has 0 aliphatic heterocycles. The van der Waals surface area contributed by atoms with Crippen molar-refractivity contribution in [2.45, 2.75) is 12.8 Å². The molecule has 0 bridgehead atoms. The number of nitrogens with two attached hydrogens (primary N) is 2. The van der Waals surface area contributed by atoms with Crippen LogP contribution in [-0.4, -0.2) is 18.1 Å². The maximum Gasteiger partial charge on any atom is 0.310 e. The first-order chi connectivity index (χ1) is 7.45. The molecule has 7 heteroatoms. The molecule has 88 valence electrons. The summed E-state index contributed by atoms with van der Waals surface area (Å²) in [7, 11) is 1.21. The number of nitrogen functional groups attached to an aromatic ring is 2. The highest BCUT2D eigenvalue weighted by molar-refractivity contribution is 5.75. The summed E-state index contributed by atoms with van der Waals surface area (Å²) < 4.78 is 29.2. The summed E-state index contributed by atoms with van der Waals surface area (Å²) in [6.07, 6.45) is -2.95. The van der Waals surface area contributed by atoms with Gasteiger partial charge in [0.05, 0.1) is 19.2 Å². The molecule has 0 saturated carbocycles. The van der Waals surface area contributed by atoms with E-state index >= 15 is 0 Å². The van der Waals surface area contributed by atoms with E-state index in [-0.39, 0.29) is 23.5 Å². The van der Waals surface area contributed by atoms with Gasteiger partial charge in [0.15, 0.2) is 0 Å². The molecule has 0 saturated heterocycles. The fourth-order valence-corrected chi connectivity index (χ4v) is 1.15. The number of alkyl halides is 2. The van der Waals surface area contributed by atoms with Crippen LogP contribution < -0.4 is 11.5 Å². The van der Waals surface area contributed by atoms with Crippen LogP contribution in [0.15, 0.2) is 6.07 Å². The van der Waals surface area contributed by atoms with Crippen molar-refractivity contribution in [3.8, 4) is 0 Å². The third-order valence-corrected chi connectivity index (χ3v) is 1.96. The average Bonchev–Trinajstić information content (AvgIpc) is 2.22. The van der Waals surface area contributed by atoms with E-state index in [0.29, 0.717) is 0 Å². The number of anilines is 2. The summed E-state index contributed by atoms with van der Waals surface area (Å²) >= 11 is 0. The zero-order valence-electron chi connectivity index (χ0n) is 8.54. The van der Waals surface area contributed by atoms with Crippen molar-refractivity contribution in [3.63, 3.8) is 0 Å². The molecule has 0 atom stereocenters. The number of esters is 1. The van der Waals surface area contributed by atoms with E-state index < -0.39 is 18.1 Å². The van der Waals surface area contributed by atoms with Crippen LogP contribution in [0.1, 0.15) is 17.7 Å². The van der Waals surface area contributed by atoms with Crippen molar-refractivity contribution in [2.75, 3.05) is 18.6 Å². The summed E-state index contributed by atoms with van der Waals surface area (Å²) in [4.78, 5) is 14.4. The number of carbonyl (C=O) groups excluding carboxylic acids is 1. The Labute approximate surface area is 90.4 Å². The average molecular weight is 231 g/mol. The lowest BCUT2D eigenvalue weighted by Crippen LogP contribution is -2.10. The van der Waals surface area contributed by atoms with E-state index in [1.807, 2.05) is 0 Å². The predicted octanol–water partition coefficient (Wildman–Crippen LogP) is 0.899. The van der Waals surface area contributed by atoms with Crippen LogP contribution in [0.4, 0.5) is 20.3 Å². The largest absolute Gasteiger partial charge is 0.469 e. The van der Waals surface area contributed by atoms with Gasteiger partial charge in [-0.3, -0.25) is 4.79 Å². The van der Waals surface area contributed by atoms with Crippen LogP contribution in [0.3, 0.4) is 0 Å². The van der Waals surface area contributed by atoms with Crippen molar-refractivity contribution < 1.29 is 18.3 Å². The number of pyridine rings is 1. The minimum atomic E-state index is -2.80. The van der Waals surface area contributed by atoms with E-state index in [1.165, 1.54) is 13.2 Å². The Morgan fingerprint density at radius 2 is 2.19 bits per heavy atom. The van der Waals surface area contributed by atoms with Gasteiger partial charge in [0, 0.05) is 5.56 Å². The molecule has 0 aliphatic rings. The van der Waals surface area contributed by atoms with Crippen LogP contribution in [0, 0.1) is 0 Å². The van der Waals surface area contributed by atoms with Gasteiger partial charge in [0.2, 0.25) is 0 Å². The highest BCUT2D eigenvalue weighted by Crippen LogP contribution is 2.26. The molecular weight excluding hydrogens is 220 g/mol. The number of ether oxygens (including phenoxy) is 1. The van der Waals surface area contributed by atoms with Gasteiger partial charge in [-0.2, -0.15) is 0 Å². The third-order valence-electron chi connectivity index (χ3n) is 1.96. The lowest BCUT2D eigenvalue weighted by Gasteiger charge is -2.09. The van der Waals surface area contributed by atoms with E-state index in [9.17, 15) is 13.6 Å². The monoisotopic (exact) mass is 231 g/mol. The van der Waals surface area contributed by atoms with Gasteiger partial charge in [-0.1, -0.05) is 0 Å². The van der Waals surface area contributed by atoms with Gasteiger partial charge in [-0.15, -0.1) is 0 Å². The molecule has 1 rings (SSSR count). The quantitative estimate of drug-likeness (QED) is 0.754. The van der Waals surface area contributed by atoms with Crippen LogP contribution in [-0.2, 0) is 16.0 Å². The molecule has 0 radical (unpaired) electrons. The van der Waals surface area contributed by atoms with Crippen LogP contribution >= 0.6 is 0 Å². The molecule has 0 amide bonds. The lowest BCUT2D eigenvalue weighted by atomic mass is 10.1. The third kappa shape index (κ3) is 2.56. The molecule has 1 aromatic rings. The number of hydrogen-bond acceptors (Lipinski definition) is 5. The number of methoxy groups -OCH3 is 1. The van der Waals surface area contributed by atoms with E-state index in [0.717, 1.165) is 0 Å². The maximum atomic E-state index is 12.4. The Kier molecular flexibility index (Phi) is 3.60. The molecule has 0 aromatic carbocycles. The minimum Gasteiger partial charge on any atom is -0.469 e. The Balaban J connectivity index is 3.05. The number of carbonyl (C=O) groups is 1. The van der Waals surface area contributed by atoms with Crippen molar-refractivity contribution in [1.82, 2.24) is 4.98 Å². The van der Waals surface area contributed by atoms with Gasteiger partial charge in [0.25, 0.3) is 6.43 Å². The van der Waals surface area contributed by atoms with Gasteiger partial charge < -0.3 is 16.2 Å². The smallest absolute Gasteiger partial charge is 0.310 e. The highest BCUT2D eigenvalue weighted by Gasteiger charge is 2.17. The number of halogens is 2. The molecule has 0 fully saturated rings. The van der Waals surface area contributed by atoms with Gasteiger partial charge >= 0.3 is 5.97 Å². The first-order valence-electron chi connectivity index (χ1n) is 4.35. The van der Waals surface area contributed by atoms with Gasteiger partial charge in [0.1, 0.15) is 11.5 Å². The van der Waals surface area contributed by atoms with Crippen LogP contribution in [0.25, 0.3) is 0 Å². The minimum absolute atomic E-state index is 0.144. The molecule has 0 unspecified atom stereocenters. The standard InChI is InChI=1S/C9H11F2N3O2/c1-16-6(15)3-4-2-5(12)7(8(10)11)14-9(4)13/h2,8H,3,12H2,1H3,(H2,13,14). The van der Waals surface area contributed by atoms with E-state index in [1.54, 1.807) is 0 Å². The number of aromatic nitrogens is 1. The van der Waals surface area contributed by atoms with Crippen molar-refractivity contribution in [1.29, 1.82) is 0 Å². The van der Waals surface area contributed by atoms with E-state index in [2.05, 4.69) is 9.72 Å². The molecule has 5 nitrogen and oxygen atoms in total. The second-order valence-corrected chi connectivity index (χ2v) is 3.06. The first kappa shape index (κ1) is 12.2. The zero-order chi connectivity index (χ0) is 12.3. The van der Waals surface area contributed by atoms with Crippen molar-refractivity contribution >= 4 is 17.5 Å². The number of rotatable bonds is 3. The first-order valence-corrected chi connectivity index (χ1v) is 4.35. The molecular formula is C9H11F2N3O2. The van der Waals surface area contributed by atoms with Crippen molar-refractivity contribution in [3.05, 3.63) is 17.3 Å². The Morgan fingerprint density at radius 1 is 1.56 bits per heavy atom. The second-order valence-electron chi connectivity index (χ2n) is 3.06. The summed E-state index contributed by atoms with van der Waals surface area (Å²) in [6.45, 7) is 0. The topological polar surface area (TPSA) is 91.2 Å². The zero-order valence-corrected chi connectivity index (χ0v) is 8.54. The predicted molar refractivity (Wildman–Crippen MR) is 53.7 cm³/mol. The molecule has 1 heterocycles. The van der Waals surface area contributed by atoms with Gasteiger partial charge in [-0.25, -0.2) is 13.8 Å². The summed E-state index contributed by atoms with van der Waals surface area (Å²) in [5, 5.41) is 0. The van der Waals surface area contributed by atoms with E-state index in [4.69, 9.17) is 11.5 Å². The fourth-order valence-electron chi connectivity index (χ4n) is 1.15. The molecule has 4 N–H and O–H groups in total. The summed E-state index contributed by atoms with van der Waals surface area (Å²) in [5.74, 6) is -0.687. The molecule has 0 aliphatic carbocycles. The molecule has 1 aromatic heterocycles. The van der Waals surface area contributed by atoms with Gasteiger partial charge in [-0.05, 0) is 6.07 Å². The summed E-state index contributed by atoms with van der Waals surface area (Å²) in [5.41, 5.74) is 10.3. The van der Waals surface area contributed by atoms with Crippen molar-refractivity contribution in [2.24, 2.45) is 0 Å². The SMILES string of the molecule is COC(=O)Cc1cc(N)c(C(F)F)nc1N. The fraction of sp³-hybridized carbons (Fsp3) is 0.333. The van der Waals surface area contributed by atoms with Crippen LogP contribution in [0.2, 0.25) is 0 Å². The normalized spacial score (nSPS) is 10.5. The molecule has 16 heavy (non-hydrogen) atoms. The Morgan fingerprint density at radius 3 is 2.69 bits per heavy atom. The lowest BCUT2D eigenvalue weighted by molar-refractivity contribution is -0.139. The van der Waals surface area contributed by atoms with Crippen LogP contribution in [0.5, 0.6) is 0 Å². The Hall–Kier alpha value is -1.92. The molecule has 0 spiro atoms. The Bertz CT molecular complexity index is 410. The number of nitrogens with zero attached hydrogens (tertiary/aromatic N) is 1. The summed E-state index contributed by atoms with van der Waals surface area (Å²) in [6, 6.07) is 1.21. The highest BCUT2D eigenvalue weighted by atomic mass is 19.3.